The molecule has 2 rings (SSSR count). The fourth-order valence-electron chi connectivity index (χ4n) is 1.84. The SMILES string of the molecule is CCOc1ccc(NC(=O)CNC(=O)CCn2cncn2)cc1. The number of benzene rings is 1. The first-order valence-electron chi connectivity index (χ1n) is 7.29. The number of amides is 2. The minimum absolute atomic E-state index is 0.0800. The number of hydrogen-bond donors (Lipinski definition) is 2. The number of ether oxygens (including phenoxy) is 1. The van der Waals surface area contributed by atoms with Gasteiger partial charge in [0, 0.05) is 12.1 Å². The van der Waals surface area contributed by atoms with Gasteiger partial charge in [-0.05, 0) is 31.2 Å². The first-order valence-corrected chi connectivity index (χ1v) is 7.29. The molecule has 0 aliphatic heterocycles. The van der Waals surface area contributed by atoms with E-state index in [0.29, 0.717) is 18.8 Å². The molecule has 122 valence electrons. The molecule has 0 fully saturated rings. The second-order valence-electron chi connectivity index (χ2n) is 4.69. The number of carbonyl (C=O) groups excluding carboxylic acids is 2. The van der Waals surface area contributed by atoms with Crippen molar-refractivity contribution in [1.29, 1.82) is 0 Å². The molecule has 1 aromatic carbocycles. The second-order valence-corrected chi connectivity index (χ2v) is 4.69. The lowest BCUT2D eigenvalue weighted by Crippen LogP contribution is -2.33. The van der Waals surface area contributed by atoms with E-state index in [0.717, 1.165) is 5.75 Å². The highest BCUT2D eigenvalue weighted by atomic mass is 16.5. The molecule has 1 heterocycles. The topological polar surface area (TPSA) is 98.1 Å². The van der Waals surface area contributed by atoms with Gasteiger partial charge in [0.25, 0.3) is 0 Å². The van der Waals surface area contributed by atoms with Crippen LogP contribution >= 0.6 is 0 Å². The Bertz CT molecular complexity index is 625. The summed E-state index contributed by atoms with van der Waals surface area (Å²) in [6.07, 6.45) is 3.17. The zero-order valence-corrected chi connectivity index (χ0v) is 12.9. The van der Waals surface area contributed by atoms with Gasteiger partial charge in [-0.2, -0.15) is 5.10 Å². The van der Waals surface area contributed by atoms with Crippen molar-refractivity contribution in [2.45, 2.75) is 19.9 Å². The van der Waals surface area contributed by atoms with Gasteiger partial charge in [0.1, 0.15) is 18.4 Å². The van der Waals surface area contributed by atoms with Crippen LogP contribution in [-0.4, -0.2) is 39.7 Å². The molecule has 8 heteroatoms. The summed E-state index contributed by atoms with van der Waals surface area (Å²) in [6, 6.07) is 7.04. The molecule has 8 nitrogen and oxygen atoms in total. The molecule has 2 amide bonds. The maximum atomic E-state index is 11.8. The molecule has 2 N–H and O–H groups in total. The molecule has 1 aromatic heterocycles. The summed E-state index contributed by atoms with van der Waals surface area (Å²) in [5.41, 5.74) is 0.648. The van der Waals surface area contributed by atoms with Crippen LogP contribution in [0, 0.1) is 0 Å². The van der Waals surface area contributed by atoms with Crippen LogP contribution in [0.4, 0.5) is 5.69 Å². The van der Waals surface area contributed by atoms with Crippen molar-refractivity contribution in [2.24, 2.45) is 0 Å². The lowest BCUT2D eigenvalue weighted by Gasteiger charge is -2.08. The Morgan fingerprint density at radius 3 is 2.65 bits per heavy atom. The third-order valence-corrected chi connectivity index (χ3v) is 2.93. The summed E-state index contributed by atoms with van der Waals surface area (Å²) >= 11 is 0. The van der Waals surface area contributed by atoms with Crippen LogP contribution in [-0.2, 0) is 16.1 Å². The molecule has 0 spiro atoms. The van der Waals surface area contributed by atoms with Crippen molar-refractivity contribution in [3.05, 3.63) is 36.9 Å². The van der Waals surface area contributed by atoms with Gasteiger partial charge in [0.2, 0.25) is 11.8 Å². The van der Waals surface area contributed by atoms with Crippen LogP contribution < -0.4 is 15.4 Å². The van der Waals surface area contributed by atoms with Crippen molar-refractivity contribution >= 4 is 17.5 Å². The zero-order chi connectivity index (χ0) is 16.5. The number of rotatable bonds is 8. The molecular formula is C15H19N5O3. The predicted molar refractivity (Wildman–Crippen MR) is 83.9 cm³/mol. The third kappa shape index (κ3) is 5.77. The number of hydrogen-bond acceptors (Lipinski definition) is 5. The highest BCUT2D eigenvalue weighted by Gasteiger charge is 2.06. The van der Waals surface area contributed by atoms with E-state index in [9.17, 15) is 9.59 Å². The predicted octanol–water partition coefficient (Wildman–Crippen LogP) is 0.822. The Hall–Kier alpha value is -2.90. The van der Waals surface area contributed by atoms with E-state index in [4.69, 9.17) is 4.74 Å². The number of nitrogens with one attached hydrogen (secondary N) is 2. The summed E-state index contributed by atoms with van der Waals surface area (Å²) in [5.74, 6) is 0.234. The largest absolute Gasteiger partial charge is 0.494 e. The number of aryl methyl sites for hydroxylation is 1. The first-order chi connectivity index (χ1) is 11.2. The fourth-order valence-corrected chi connectivity index (χ4v) is 1.84. The highest BCUT2D eigenvalue weighted by Crippen LogP contribution is 2.15. The smallest absolute Gasteiger partial charge is 0.243 e. The molecule has 0 bridgehead atoms. The maximum absolute atomic E-state index is 11.8. The van der Waals surface area contributed by atoms with Crippen LogP contribution in [0.3, 0.4) is 0 Å². The van der Waals surface area contributed by atoms with E-state index in [-0.39, 0.29) is 24.8 Å². The van der Waals surface area contributed by atoms with E-state index in [1.807, 2.05) is 6.92 Å². The average molecular weight is 317 g/mol. The fraction of sp³-hybridized carbons (Fsp3) is 0.333. The van der Waals surface area contributed by atoms with Gasteiger partial charge >= 0.3 is 0 Å². The Morgan fingerprint density at radius 1 is 1.22 bits per heavy atom. The van der Waals surface area contributed by atoms with E-state index in [1.54, 1.807) is 28.9 Å². The standard InChI is InChI=1S/C15H19N5O3/c1-2-23-13-5-3-12(4-6-13)19-15(22)9-17-14(21)7-8-20-11-16-10-18-20/h3-6,10-11H,2,7-9H2,1H3,(H,17,21)(H,19,22). The Balaban J connectivity index is 1.68. The van der Waals surface area contributed by atoms with Gasteiger partial charge in [-0.25, -0.2) is 4.98 Å². The zero-order valence-electron chi connectivity index (χ0n) is 12.9. The molecule has 0 unspecified atom stereocenters. The molecule has 0 saturated heterocycles. The number of carbonyl (C=O) groups is 2. The second kappa shape index (κ2) is 8.52. The van der Waals surface area contributed by atoms with Gasteiger partial charge in [0.15, 0.2) is 0 Å². The Kier molecular flexibility index (Phi) is 6.10. The number of nitrogens with zero attached hydrogens (tertiary/aromatic N) is 3. The maximum Gasteiger partial charge on any atom is 0.243 e. The molecule has 0 saturated carbocycles. The van der Waals surface area contributed by atoms with Crippen molar-refractivity contribution in [3.63, 3.8) is 0 Å². The highest BCUT2D eigenvalue weighted by molar-refractivity contribution is 5.94. The first kappa shape index (κ1) is 16.5. The van der Waals surface area contributed by atoms with Crippen molar-refractivity contribution in [2.75, 3.05) is 18.5 Å². The van der Waals surface area contributed by atoms with Crippen molar-refractivity contribution in [3.8, 4) is 5.75 Å². The normalized spacial score (nSPS) is 10.1. The van der Waals surface area contributed by atoms with Crippen LogP contribution in [0.1, 0.15) is 13.3 Å². The van der Waals surface area contributed by atoms with E-state index in [1.165, 1.54) is 12.7 Å². The monoisotopic (exact) mass is 317 g/mol. The van der Waals surface area contributed by atoms with E-state index >= 15 is 0 Å². The van der Waals surface area contributed by atoms with Crippen LogP contribution in [0.5, 0.6) is 5.75 Å². The van der Waals surface area contributed by atoms with Gasteiger partial charge in [0.05, 0.1) is 19.7 Å². The van der Waals surface area contributed by atoms with Crippen molar-refractivity contribution in [1.82, 2.24) is 20.1 Å². The molecular weight excluding hydrogens is 298 g/mol. The summed E-state index contributed by atoms with van der Waals surface area (Å²) in [5, 5.41) is 9.15. The minimum atomic E-state index is -0.289. The van der Waals surface area contributed by atoms with Gasteiger partial charge < -0.3 is 15.4 Å². The minimum Gasteiger partial charge on any atom is -0.494 e. The molecule has 0 aliphatic carbocycles. The van der Waals surface area contributed by atoms with Crippen LogP contribution in [0.15, 0.2) is 36.9 Å². The summed E-state index contributed by atoms with van der Waals surface area (Å²) in [4.78, 5) is 27.2. The third-order valence-electron chi connectivity index (χ3n) is 2.93. The van der Waals surface area contributed by atoms with E-state index < -0.39 is 0 Å². The van der Waals surface area contributed by atoms with E-state index in [2.05, 4.69) is 20.7 Å². The van der Waals surface area contributed by atoms with Gasteiger partial charge in [-0.1, -0.05) is 0 Å². The van der Waals surface area contributed by atoms with Crippen LogP contribution in [0.25, 0.3) is 0 Å². The molecule has 0 aliphatic rings. The van der Waals surface area contributed by atoms with Gasteiger partial charge in [-0.15, -0.1) is 0 Å². The van der Waals surface area contributed by atoms with Crippen molar-refractivity contribution < 1.29 is 14.3 Å². The molecule has 0 radical (unpaired) electrons. The molecule has 0 atom stereocenters. The molecule has 2 aromatic rings. The van der Waals surface area contributed by atoms with Gasteiger partial charge in [-0.3, -0.25) is 14.3 Å². The Labute approximate surface area is 133 Å². The summed E-state index contributed by atoms with van der Waals surface area (Å²) in [6.45, 7) is 2.84. The summed E-state index contributed by atoms with van der Waals surface area (Å²) in [7, 11) is 0. The lowest BCUT2D eigenvalue weighted by molar-refractivity contribution is -0.124. The quantitative estimate of drug-likeness (QED) is 0.751. The van der Waals surface area contributed by atoms with Crippen LogP contribution in [0.2, 0.25) is 0 Å². The average Bonchev–Trinajstić information content (AvgIpc) is 3.06. The number of aromatic nitrogens is 3. The lowest BCUT2D eigenvalue weighted by atomic mass is 10.3. The number of anilines is 1. The Morgan fingerprint density at radius 2 is 2.00 bits per heavy atom. The summed E-state index contributed by atoms with van der Waals surface area (Å²) < 4.78 is 6.88. The molecule has 23 heavy (non-hydrogen) atoms.